The minimum atomic E-state index is -2.90. The van der Waals surface area contributed by atoms with Gasteiger partial charge in [-0.05, 0) is 47.6 Å². The summed E-state index contributed by atoms with van der Waals surface area (Å²) in [4.78, 5) is 0. The lowest BCUT2D eigenvalue weighted by atomic mass is 10.3. The lowest BCUT2D eigenvalue weighted by Crippen LogP contribution is -1.94. The first-order valence-corrected chi connectivity index (χ1v) is 9.01. The fourth-order valence-electron chi connectivity index (χ4n) is 1.39. The van der Waals surface area contributed by atoms with E-state index in [9.17, 15) is 0 Å². The molecule has 100 valence electrons. The molecule has 0 aliphatic rings. The Morgan fingerprint density at radius 3 is 1.84 bits per heavy atom. The highest BCUT2D eigenvalue weighted by atomic mass is 35.7. The Labute approximate surface area is 122 Å². The second-order valence-corrected chi connectivity index (χ2v) is 8.21. The molecular weight excluding hydrogens is 303 g/mol. The molecular formula is C13H12ClO3PS. The summed E-state index contributed by atoms with van der Waals surface area (Å²) in [5.41, 5.74) is 0. The molecule has 1 atom stereocenters. The Morgan fingerprint density at radius 2 is 1.32 bits per heavy atom. The minimum Gasteiger partial charge on any atom is -0.497 e. The molecule has 2 aromatic rings. The molecule has 19 heavy (non-hydrogen) atoms. The number of ether oxygens (including phenoxy) is 1. The average molecular weight is 315 g/mol. The first-order valence-electron chi connectivity index (χ1n) is 5.47. The Bertz CT molecular complexity index is 574. The van der Waals surface area contributed by atoms with Gasteiger partial charge >= 0.3 is 5.84 Å². The summed E-state index contributed by atoms with van der Waals surface area (Å²) < 4.78 is 16.1. The van der Waals surface area contributed by atoms with Gasteiger partial charge in [-0.15, -0.1) is 0 Å². The summed E-state index contributed by atoms with van der Waals surface area (Å²) >= 11 is 11.3. The SMILES string of the molecule is COc1ccc(OP(=S)(Cl)Oc2ccccc2)cc1. The zero-order valence-corrected chi connectivity index (χ0v) is 12.6. The van der Waals surface area contributed by atoms with Gasteiger partial charge in [0.1, 0.15) is 17.2 Å². The van der Waals surface area contributed by atoms with Gasteiger partial charge in [0.05, 0.1) is 7.11 Å². The number of hydrogen-bond acceptors (Lipinski definition) is 4. The van der Waals surface area contributed by atoms with Crippen molar-refractivity contribution in [2.75, 3.05) is 7.11 Å². The van der Waals surface area contributed by atoms with Crippen LogP contribution in [0.1, 0.15) is 0 Å². The zero-order valence-electron chi connectivity index (χ0n) is 10.2. The van der Waals surface area contributed by atoms with E-state index in [0.29, 0.717) is 11.5 Å². The normalized spacial score (nSPS) is 13.4. The topological polar surface area (TPSA) is 27.7 Å². The van der Waals surface area contributed by atoms with Gasteiger partial charge in [-0.25, -0.2) is 0 Å². The van der Waals surface area contributed by atoms with Crippen LogP contribution in [0.2, 0.25) is 0 Å². The van der Waals surface area contributed by atoms with E-state index in [0.717, 1.165) is 5.75 Å². The van der Waals surface area contributed by atoms with E-state index in [1.807, 2.05) is 18.2 Å². The highest BCUT2D eigenvalue weighted by Crippen LogP contribution is 2.53. The minimum absolute atomic E-state index is 0.551. The number of hydrogen-bond donors (Lipinski definition) is 0. The third-order valence-electron chi connectivity index (χ3n) is 2.23. The van der Waals surface area contributed by atoms with Gasteiger partial charge < -0.3 is 13.8 Å². The monoisotopic (exact) mass is 314 g/mol. The van der Waals surface area contributed by atoms with Crippen LogP contribution < -0.4 is 13.8 Å². The van der Waals surface area contributed by atoms with Crippen molar-refractivity contribution in [3.05, 3.63) is 54.6 Å². The van der Waals surface area contributed by atoms with Gasteiger partial charge in [-0.2, -0.15) is 0 Å². The van der Waals surface area contributed by atoms with E-state index in [4.69, 9.17) is 36.8 Å². The van der Waals surface area contributed by atoms with Crippen LogP contribution in [0.4, 0.5) is 0 Å². The maximum absolute atomic E-state index is 6.13. The molecule has 0 saturated heterocycles. The van der Waals surface area contributed by atoms with Crippen molar-refractivity contribution in [3.63, 3.8) is 0 Å². The molecule has 0 spiro atoms. The van der Waals surface area contributed by atoms with Gasteiger partial charge in [0.2, 0.25) is 0 Å². The first kappa shape index (κ1) is 14.2. The molecule has 0 heterocycles. The Kier molecular flexibility index (Phi) is 4.70. The number of rotatable bonds is 5. The molecule has 0 saturated carbocycles. The fraction of sp³-hybridized carbons (Fsp3) is 0.0769. The third-order valence-corrected chi connectivity index (χ3v) is 3.95. The van der Waals surface area contributed by atoms with Crippen molar-refractivity contribution in [1.29, 1.82) is 0 Å². The van der Waals surface area contributed by atoms with Crippen molar-refractivity contribution in [3.8, 4) is 17.2 Å². The van der Waals surface area contributed by atoms with Crippen LogP contribution >= 0.6 is 17.1 Å². The van der Waals surface area contributed by atoms with Crippen molar-refractivity contribution < 1.29 is 13.8 Å². The predicted octanol–water partition coefficient (Wildman–Crippen LogP) is 4.62. The molecule has 0 radical (unpaired) electrons. The Morgan fingerprint density at radius 1 is 0.842 bits per heavy atom. The standard InChI is InChI=1S/C13H12ClO3PS/c1-15-11-7-9-13(10-8-11)17-18(14,19)16-12-5-3-2-4-6-12/h2-10H,1H3. The molecule has 0 amide bonds. The summed E-state index contributed by atoms with van der Waals surface area (Å²) in [5, 5.41) is 0. The number of methoxy groups -OCH3 is 1. The molecule has 0 aliphatic heterocycles. The van der Waals surface area contributed by atoms with Crippen molar-refractivity contribution in [1.82, 2.24) is 0 Å². The Balaban J connectivity index is 2.06. The van der Waals surface area contributed by atoms with E-state index in [2.05, 4.69) is 0 Å². The smallest absolute Gasteiger partial charge is 0.384 e. The number of benzene rings is 2. The molecule has 2 aromatic carbocycles. The maximum Gasteiger partial charge on any atom is 0.384 e. The van der Waals surface area contributed by atoms with Crippen LogP contribution in [0, 0.1) is 0 Å². The molecule has 3 nitrogen and oxygen atoms in total. The lowest BCUT2D eigenvalue weighted by Gasteiger charge is -2.17. The lowest BCUT2D eigenvalue weighted by molar-refractivity contribution is 0.414. The van der Waals surface area contributed by atoms with Crippen molar-refractivity contribution in [2.24, 2.45) is 0 Å². The highest BCUT2D eigenvalue weighted by molar-refractivity contribution is 8.22. The van der Waals surface area contributed by atoms with Crippen LogP contribution in [0.3, 0.4) is 0 Å². The van der Waals surface area contributed by atoms with Crippen LogP contribution in [-0.2, 0) is 11.8 Å². The molecule has 2 rings (SSSR count). The van der Waals surface area contributed by atoms with E-state index >= 15 is 0 Å². The van der Waals surface area contributed by atoms with Gasteiger partial charge in [0, 0.05) is 11.8 Å². The van der Waals surface area contributed by atoms with Gasteiger partial charge in [0.25, 0.3) is 0 Å². The highest BCUT2D eigenvalue weighted by Gasteiger charge is 2.18. The second kappa shape index (κ2) is 6.29. The molecule has 1 unspecified atom stereocenters. The summed E-state index contributed by atoms with van der Waals surface area (Å²) in [6.07, 6.45) is 0. The molecule has 6 heteroatoms. The quantitative estimate of drug-likeness (QED) is 0.753. The molecule has 0 aromatic heterocycles. The van der Waals surface area contributed by atoms with Gasteiger partial charge in [0.15, 0.2) is 0 Å². The molecule has 0 aliphatic carbocycles. The van der Waals surface area contributed by atoms with Crippen LogP contribution in [-0.4, -0.2) is 7.11 Å². The van der Waals surface area contributed by atoms with E-state index in [-0.39, 0.29) is 0 Å². The summed E-state index contributed by atoms with van der Waals surface area (Å²) in [7, 11) is 1.60. The van der Waals surface area contributed by atoms with Crippen LogP contribution in [0.25, 0.3) is 0 Å². The largest absolute Gasteiger partial charge is 0.497 e. The molecule has 0 bridgehead atoms. The van der Waals surface area contributed by atoms with E-state index in [1.54, 1.807) is 43.5 Å². The van der Waals surface area contributed by atoms with Crippen molar-refractivity contribution in [2.45, 2.75) is 0 Å². The summed E-state index contributed by atoms with van der Waals surface area (Å²) in [5.74, 6) is -1.02. The van der Waals surface area contributed by atoms with Crippen molar-refractivity contribution >= 4 is 28.9 Å². The number of halogens is 1. The third kappa shape index (κ3) is 4.43. The van der Waals surface area contributed by atoms with Crippen LogP contribution in [0.15, 0.2) is 54.6 Å². The zero-order chi connectivity index (χ0) is 13.7. The van der Waals surface area contributed by atoms with E-state index < -0.39 is 5.84 Å². The Hall–Kier alpha value is -1.22. The fourth-order valence-corrected chi connectivity index (χ4v) is 3.17. The summed E-state index contributed by atoms with van der Waals surface area (Å²) in [6.45, 7) is 0. The maximum atomic E-state index is 6.13. The first-order chi connectivity index (χ1) is 9.09. The van der Waals surface area contributed by atoms with Gasteiger partial charge in [-0.1, -0.05) is 18.2 Å². The van der Waals surface area contributed by atoms with E-state index in [1.165, 1.54) is 0 Å². The van der Waals surface area contributed by atoms with Gasteiger partial charge in [-0.3, -0.25) is 0 Å². The molecule has 0 fully saturated rings. The molecule has 0 N–H and O–H groups in total. The predicted molar refractivity (Wildman–Crippen MR) is 80.8 cm³/mol. The second-order valence-electron chi connectivity index (χ2n) is 3.60. The number of para-hydroxylation sites is 1. The average Bonchev–Trinajstić information content (AvgIpc) is 2.39. The van der Waals surface area contributed by atoms with Crippen LogP contribution in [0.5, 0.6) is 17.2 Å². The summed E-state index contributed by atoms with van der Waals surface area (Å²) in [6, 6.07) is 16.1.